The van der Waals surface area contributed by atoms with Gasteiger partial charge in [-0.25, -0.2) is 0 Å². The van der Waals surface area contributed by atoms with Crippen molar-refractivity contribution in [1.29, 1.82) is 0 Å². The van der Waals surface area contributed by atoms with E-state index in [9.17, 15) is 0 Å². The van der Waals surface area contributed by atoms with Crippen molar-refractivity contribution in [2.24, 2.45) is 0 Å². The molecular weight excluding hydrogens is 271 g/mol. The Morgan fingerprint density at radius 2 is 1.00 bits per heavy atom. The molecule has 0 radical (unpaired) electrons. The molecule has 0 nitrogen and oxygen atoms in total. The van der Waals surface area contributed by atoms with Crippen LogP contribution in [0.4, 0.5) is 0 Å². The van der Waals surface area contributed by atoms with Gasteiger partial charge in [-0.05, 0) is 0 Å². The molecule has 0 aliphatic rings. The molecule has 0 N–H and O–H groups in total. The first kappa shape index (κ1) is 14.0. The van der Waals surface area contributed by atoms with Crippen LogP contribution in [0, 0.1) is 6.92 Å². The van der Waals surface area contributed by atoms with Crippen molar-refractivity contribution in [2.75, 3.05) is 6.66 Å². The molecule has 0 saturated heterocycles. The predicted molar refractivity (Wildman–Crippen MR) is 97.2 cm³/mol. The van der Waals surface area contributed by atoms with Gasteiger partial charge in [-0.2, -0.15) is 0 Å². The van der Waals surface area contributed by atoms with Crippen LogP contribution in [0.1, 0.15) is 5.56 Å². The molecule has 0 fully saturated rings. The summed E-state index contributed by atoms with van der Waals surface area (Å²) in [6.07, 6.45) is 0. The van der Waals surface area contributed by atoms with Crippen LogP contribution in [0.3, 0.4) is 0 Å². The Morgan fingerprint density at radius 3 is 1.48 bits per heavy atom. The molecule has 0 heterocycles. The van der Waals surface area contributed by atoms with E-state index in [1.165, 1.54) is 21.5 Å². The Hall–Kier alpha value is -1.91. The first-order valence-corrected chi connectivity index (χ1v) is 9.90. The Balaban J connectivity index is 2.29. The third-order valence-corrected chi connectivity index (χ3v) is 9.00. The van der Waals surface area contributed by atoms with Crippen molar-refractivity contribution in [3.05, 3.63) is 90.5 Å². The summed E-state index contributed by atoms with van der Waals surface area (Å²) in [4.78, 5) is 0. The second-order valence-corrected chi connectivity index (χ2v) is 9.62. The van der Waals surface area contributed by atoms with Crippen molar-refractivity contribution in [3.63, 3.8) is 0 Å². The van der Waals surface area contributed by atoms with Crippen LogP contribution in [0.15, 0.2) is 84.9 Å². The molecule has 0 atom stereocenters. The Labute approximate surface area is 127 Å². The summed E-state index contributed by atoms with van der Waals surface area (Å²) in [6.45, 7) is 4.69. The van der Waals surface area contributed by atoms with Gasteiger partial charge in [0.05, 0.1) is 0 Å². The van der Waals surface area contributed by atoms with E-state index in [0.717, 1.165) is 0 Å². The van der Waals surface area contributed by atoms with Gasteiger partial charge in [-0.15, -0.1) is 0 Å². The van der Waals surface area contributed by atoms with Gasteiger partial charge in [0.15, 0.2) is 0 Å². The summed E-state index contributed by atoms with van der Waals surface area (Å²) in [7, 11) is -1.92. The topological polar surface area (TPSA) is 0 Å². The molecule has 3 rings (SSSR count). The standard InChI is InChI=1S/C20H21P/c1-17-11-9-10-16-20(17)21(2,18-12-5-3-6-13-18)19-14-7-4-8-15-19/h3-16,21H,1-2H3. The molecule has 0 aliphatic heterocycles. The zero-order valence-electron chi connectivity index (χ0n) is 12.6. The zero-order chi connectivity index (χ0) is 14.7. The van der Waals surface area contributed by atoms with Crippen LogP contribution < -0.4 is 15.9 Å². The quantitative estimate of drug-likeness (QED) is 0.646. The second kappa shape index (κ2) is 5.84. The molecule has 21 heavy (non-hydrogen) atoms. The van der Waals surface area contributed by atoms with Crippen molar-refractivity contribution < 1.29 is 0 Å². The summed E-state index contributed by atoms with van der Waals surface area (Å²) in [5.41, 5.74) is 1.39. The van der Waals surface area contributed by atoms with E-state index in [1.807, 2.05) is 0 Å². The SMILES string of the molecule is Cc1ccccc1[PH](C)(c1ccccc1)c1ccccc1. The van der Waals surface area contributed by atoms with Gasteiger partial charge in [0.2, 0.25) is 0 Å². The minimum atomic E-state index is -1.92. The van der Waals surface area contributed by atoms with Gasteiger partial charge in [0.1, 0.15) is 0 Å². The number of hydrogen-bond donors (Lipinski definition) is 0. The first-order chi connectivity index (χ1) is 10.2. The molecule has 0 aromatic heterocycles. The molecule has 0 saturated carbocycles. The van der Waals surface area contributed by atoms with Crippen molar-refractivity contribution in [1.82, 2.24) is 0 Å². The molecule has 3 aromatic rings. The summed E-state index contributed by atoms with van der Waals surface area (Å²) in [5, 5.41) is 4.43. The van der Waals surface area contributed by atoms with Crippen LogP contribution in [0.2, 0.25) is 0 Å². The van der Waals surface area contributed by atoms with Gasteiger partial charge in [-0.3, -0.25) is 0 Å². The van der Waals surface area contributed by atoms with Crippen LogP contribution in [-0.2, 0) is 0 Å². The van der Waals surface area contributed by atoms with Crippen LogP contribution >= 0.6 is 7.26 Å². The first-order valence-electron chi connectivity index (χ1n) is 7.40. The molecule has 3 aromatic carbocycles. The van der Waals surface area contributed by atoms with E-state index < -0.39 is 7.26 Å². The normalized spacial score (nSPS) is 12.1. The fourth-order valence-corrected chi connectivity index (χ4v) is 7.13. The fraction of sp³-hybridized carbons (Fsp3) is 0.100. The number of benzene rings is 3. The number of aryl methyl sites for hydroxylation is 1. The van der Waals surface area contributed by atoms with E-state index in [1.54, 1.807) is 0 Å². The minimum absolute atomic E-state index is 1.39. The van der Waals surface area contributed by atoms with Gasteiger partial charge in [0, 0.05) is 0 Å². The van der Waals surface area contributed by atoms with Gasteiger partial charge in [0.25, 0.3) is 0 Å². The van der Waals surface area contributed by atoms with E-state index in [0.29, 0.717) is 0 Å². The van der Waals surface area contributed by atoms with Crippen molar-refractivity contribution >= 4 is 23.2 Å². The Morgan fingerprint density at radius 1 is 0.571 bits per heavy atom. The van der Waals surface area contributed by atoms with E-state index in [2.05, 4.69) is 98.5 Å². The van der Waals surface area contributed by atoms with Crippen LogP contribution in [-0.4, -0.2) is 6.66 Å². The third kappa shape index (κ3) is 2.52. The molecule has 0 amide bonds. The second-order valence-electron chi connectivity index (χ2n) is 5.67. The monoisotopic (exact) mass is 292 g/mol. The average molecular weight is 292 g/mol. The molecule has 0 bridgehead atoms. The maximum atomic E-state index is 2.46. The molecular formula is C20H21P. The van der Waals surface area contributed by atoms with E-state index in [-0.39, 0.29) is 0 Å². The summed E-state index contributed by atoms with van der Waals surface area (Å²) in [6, 6.07) is 30.8. The predicted octanol–water partition coefficient (Wildman–Crippen LogP) is 3.65. The van der Waals surface area contributed by atoms with Crippen LogP contribution in [0.5, 0.6) is 0 Å². The van der Waals surface area contributed by atoms with E-state index in [4.69, 9.17) is 0 Å². The molecule has 0 aliphatic carbocycles. The molecule has 0 unspecified atom stereocenters. The van der Waals surface area contributed by atoms with Crippen LogP contribution in [0.25, 0.3) is 0 Å². The molecule has 106 valence electrons. The molecule has 1 heteroatoms. The number of rotatable bonds is 3. The van der Waals surface area contributed by atoms with Crippen molar-refractivity contribution in [2.45, 2.75) is 6.92 Å². The zero-order valence-corrected chi connectivity index (χ0v) is 13.6. The average Bonchev–Trinajstić information content (AvgIpc) is 2.56. The number of hydrogen-bond acceptors (Lipinski definition) is 0. The van der Waals surface area contributed by atoms with Crippen molar-refractivity contribution in [3.8, 4) is 0 Å². The Kier molecular flexibility index (Phi) is 3.90. The van der Waals surface area contributed by atoms with E-state index >= 15 is 0 Å². The van der Waals surface area contributed by atoms with Gasteiger partial charge < -0.3 is 0 Å². The fourth-order valence-electron chi connectivity index (χ4n) is 3.15. The van der Waals surface area contributed by atoms with Gasteiger partial charge >= 0.3 is 127 Å². The summed E-state index contributed by atoms with van der Waals surface area (Å²) < 4.78 is 0. The van der Waals surface area contributed by atoms with Gasteiger partial charge in [-0.1, -0.05) is 0 Å². The summed E-state index contributed by atoms with van der Waals surface area (Å²) in [5.74, 6) is 0. The summed E-state index contributed by atoms with van der Waals surface area (Å²) >= 11 is 0. The Bertz CT molecular complexity index is 678. The maximum absolute atomic E-state index is 2.46. The third-order valence-electron chi connectivity index (χ3n) is 4.39. The molecule has 0 spiro atoms.